The minimum absolute atomic E-state index is 0.0276. The lowest BCUT2D eigenvalue weighted by atomic mass is 10.2. The van der Waals surface area contributed by atoms with E-state index in [0.717, 1.165) is 41.5 Å². The van der Waals surface area contributed by atoms with E-state index in [-0.39, 0.29) is 5.91 Å². The largest absolute Gasteiger partial charge is 0.351 e. The number of imidazole rings is 1. The molecule has 3 aromatic rings. The van der Waals surface area contributed by atoms with Gasteiger partial charge in [-0.25, -0.2) is 4.98 Å². The minimum atomic E-state index is -0.0276. The maximum absolute atomic E-state index is 12.1. The number of nitrogens with one attached hydrogen (secondary N) is 2. The van der Waals surface area contributed by atoms with Crippen molar-refractivity contribution in [3.8, 4) is 0 Å². The molecule has 0 saturated carbocycles. The predicted molar refractivity (Wildman–Crippen MR) is 107 cm³/mol. The zero-order chi connectivity index (χ0) is 18.2. The number of fused-ring (bicyclic) bond motifs is 1. The average molecular weight is 369 g/mol. The smallest absolute Gasteiger partial charge is 0.251 e. The molecule has 5 nitrogen and oxygen atoms in total. The van der Waals surface area contributed by atoms with Gasteiger partial charge in [0.2, 0.25) is 0 Å². The molecule has 0 bridgehead atoms. The van der Waals surface area contributed by atoms with E-state index >= 15 is 0 Å². The summed E-state index contributed by atoms with van der Waals surface area (Å²) < 4.78 is 2.03. The molecule has 6 heteroatoms. The number of nitrogens with zero attached hydrogens (tertiary/aromatic N) is 2. The Hall–Kier alpha value is -2.31. The summed E-state index contributed by atoms with van der Waals surface area (Å²) in [5.41, 5.74) is 2.70. The van der Waals surface area contributed by atoms with Crippen molar-refractivity contribution in [1.82, 2.24) is 20.0 Å². The Bertz CT molecular complexity index is 811. The van der Waals surface area contributed by atoms with E-state index in [1.54, 1.807) is 11.8 Å². The van der Waals surface area contributed by atoms with Crippen molar-refractivity contribution in [3.63, 3.8) is 0 Å². The third-order valence-electron chi connectivity index (χ3n) is 3.93. The van der Waals surface area contributed by atoms with E-state index in [0.29, 0.717) is 12.1 Å². The van der Waals surface area contributed by atoms with Crippen LogP contribution in [0.2, 0.25) is 0 Å². The Kier molecular flexibility index (Phi) is 6.68. The van der Waals surface area contributed by atoms with Gasteiger partial charge in [0.1, 0.15) is 5.65 Å². The number of rotatable bonds is 9. The normalized spacial score (nSPS) is 11.0. The van der Waals surface area contributed by atoms with Crippen LogP contribution in [0.1, 0.15) is 29.4 Å². The maximum Gasteiger partial charge on any atom is 0.251 e. The van der Waals surface area contributed by atoms with Gasteiger partial charge in [-0.2, -0.15) is 0 Å². The topological polar surface area (TPSA) is 58.4 Å². The highest BCUT2D eigenvalue weighted by Crippen LogP contribution is 2.23. The van der Waals surface area contributed by atoms with Gasteiger partial charge in [0, 0.05) is 41.7 Å². The van der Waals surface area contributed by atoms with Crippen LogP contribution >= 0.6 is 11.8 Å². The van der Waals surface area contributed by atoms with Crippen molar-refractivity contribution in [2.75, 3.05) is 19.6 Å². The molecular formula is C20H24N4OS. The van der Waals surface area contributed by atoms with Gasteiger partial charge in [0.15, 0.2) is 0 Å². The minimum Gasteiger partial charge on any atom is -0.351 e. The zero-order valence-electron chi connectivity index (χ0n) is 14.9. The molecule has 1 amide bonds. The molecule has 0 atom stereocenters. The number of thioether (sulfide) groups is 1. The molecular weight excluding hydrogens is 344 g/mol. The molecule has 0 unspecified atom stereocenters. The predicted octanol–water partition coefficient (Wildman–Crippen LogP) is 3.36. The fraction of sp³-hybridized carbons (Fsp3) is 0.300. The number of hydrogen-bond acceptors (Lipinski definition) is 4. The summed E-state index contributed by atoms with van der Waals surface area (Å²) in [5, 5.41) is 6.20. The van der Waals surface area contributed by atoms with Crippen LogP contribution in [0.15, 0.2) is 59.8 Å². The number of amides is 1. The van der Waals surface area contributed by atoms with Gasteiger partial charge in [0.25, 0.3) is 5.91 Å². The maximum atomic E-state index is 12.1. The van der Waals surface area contributed by atoms with Gasteiger partial charge in [-0.1, -0.05) is 13.0 Å². The van der Waals surface area contributed by atoms with Gasteiger partial charge in [-0.3, -0.25) is 4.79 Å². The zero-order valence-corrected chi connectivity index (χ0v) is 15.8. The van der Waals surface area contributed by atoms with Gasteiger partial charge < -0.3 is 15.0 Å². The number of benzene rings is 1. The lowest BCUT2D eigenvalue weighted by Gasteiger charge is -2.07. The lowest BCUT2D eigenvalue weighted by Crippen LogP contribution is -2.32. The Labute approximate surface area is 158 Å². The molecule has 0 aliphatic carbocycles. The molecule has 0 fully saturated rings. The second-order valence-corrected chi connectivity index (χ2v) is 7.07. The second kappa shape index (κ2) is 9.40. The first-order valence-electron chi connectivity index (χ1n) is 8.90. The van der Waals surface area contributed by atoms with Crippen molar-refractivity contribution in [2.24, 2.45) is 0 Å². The van der Waals surface area contributed by atoms with E-state index in [9.17, 15) is 4.79 Å². The molecule has 2 N–H and O–H groups in total. The number of carbonyl (C=O) groups excluding carboxylic acids is 1. The first kappa shape index (κ1) is 18.5. The van der Waals surface area contributed by atoms with Gasteiger partial charge in [-0.05, 0) is 49.4 Å². The Morgan fingerprint density at radius 1 is 1.12 bits per heavy atom. The van der Waals surface area contributed by atoms with E-state index < -0.39 is 0 Å². The van der Waals surface area contributed by atoms with Crippen LogP contribution in [0.5, 0.6) is 0 Å². The van der Waals surface area contributed by atoms with E-state index in [2.05, 4.69) is 28.7 Å². The Balaban J connectivity index is 1.48. The molecule has 2 heterocycles. The number of carbonyl (C=O) groups is 1. The van der Waals surface area contributed by atoms with Crippen LogP contribution in [0.3, 0.4) is 0 Å². The molecule has 0 aliphatic rings. The summed E-state index contributed by atoms with van der Waals surface area (Å²) in [6.45, 7) is 4.55. The number of pyridine rings is 1. The number of hydrogen-bond donors (Lipinski definition) is 2. The van der Waals surface area contributed by atoms with Crippen LogP contribution in [0, 0.1) is 0 Å². The highest BCUT2D eigenvalue weighted by Gasteiger charge is 2.06. The van der Waals surface area contributed by atoms with Crippen LogP contribution in [0.4, 0.5) is 0 Å². The summed E-state index contributed by atoms with van der Waals surface area (Å²) in [6.07, 6.45) is 5.15. The Morgan fingerprint density at radius 3 is 2.73 bits per heavy atom. The van der Waals surface area contributed by atoms with Crippen LogP contribution in [0.25, 0.3) is 5.65 Å². The molecule has 1 aromatic carbocycles. The highest BCUT2D eigenvalue weighted by molar-refractivity contribution is 7.98. The first-order chi connectivity index (χ1) is 12.8. The SMILES string of the molecule is CCCNCCNC(=O)c1ccc(SCc2cn3ccccc3n2)cc1. The highest BCUT2D eigenvalue weighted by atomic mass is 32.2. The van der Waals surface area contributed by atoms with Crippen molar-refractivity contribution in [1.29, 1.82) is 0 Å². The molecule has 0 saturated heterocycles. The monoisotopic (exact) mass is 368 g/mol. The molecule has 0 radical (unpaired) electrons. The molecule has 0 spiro atoms. The fourth-order valence-corrected chi connectivity index (χ4v) is 3.37. The Morgan fingerprint density at radius 2 is 1.96 bits per heavy atom. The van der Waals surface area contributed by atoms with Crippen molar-refractivity contribution < 1.29 is 4.79 Å². The van der Waals surface area contributed by atoms with Gasteiger partial charge in [0.05, 0.1) is 5.69 Å². The van der Waals surface area contributed by atoms with Crippen molar-refractivity contribution in [3.05, 3.63) is 66.1 Å². The van der Waals surface area contributed by atoms with Gasteiger partial charge in [-0.15, -0.1) is 11.8 Å². The average Bonchev–Trinajstić information content (AvgIpc) is 3.09. The third kappa shape index (κ3) is 5.09. The van der Waals surface area contributed by atoms with E-state index in [1.807, 2.05) is 53.1 Å². The molecule has 2 aromatic heterocycles. The number of aromatic nitrogens is 2. The standard InChI is InChI=1S/C20H24N4OS/c1-2-10-21-11-12-22-20(25)16-6-8-18(9-7-16)26-15-17-14-24-13-4-3-5-19(24)23-17/h3-9,13-14,21H,2,10-12,15H2,1H3,(H,22,25). The molecule has 136 valence electrons. The molecule has 3 rings (SSSR count). The van der Waals surface area contributed by atoms with Crippen molar-refractivity contribution >= 4 is 23.3 Å². The van der Waals surface area contributed by atoms with Crippen LogP contribution in [-0.4, -0.2) is 34.9 Å². The lowest BCUT2D eigenvalue weighted by molar-refractivity contribution is 0.0954. The van der Waals surface area contributed by atoms with Crippen LogP contribution < -0.4 is 10.6 Å². The quantitative estimate of drug-likeness (QED) is 0.449. The van der Waals surface area contributed by atoms with Crippen LogP contribution in [-0.2, 0) is 5.75 Å². The summed E-state index contributed by atoms with van der Waals surface area (Å²) in [7, 11) is 0. The summed E-state index contributed by atoms with van der Waals surface area (Å²) in [4.78, 5) is 17.8. The summed E-state index contributed by atoms with van der Waals surface area (Å²) >= 11 is 1.72. The molecule has 26 heavy (non-hydrogen) atoms. The summed E-state index contributed by atoms with van der Waals surface area (Å²) in [5.74, 6) is 0.774. The first-order valence-corrected chi connectivity index (χ1v) is 9.89. The van der Waals surface area contributed by atoms with Gasteiger partial charge >= 0.3 is 0 Å². The summed E-state index contributed by atoms with van der Waals surface area (Å²) in [6, 6.07) is 13.7. The van der Waals surface area contributed by atoms with E-state index in [4.69, 9.17) is 0 Å². The van der Waals surface area contributed by atoms with Crippen molar-refractivity contribution in [2.45, 2.75) is 24.0 Å². The molecule has 0 aliphatic heterocycles. The fourth-order valence-electron chi connectivity index (χ4n) is 2.58. The van der Waals surface area contributed by atoms with E-state index in [1.165, 1.54) is 0 Å². The second-order valence-electron chi connectivity index (χ2n) is 6.02. The third-order valence-corrected chi connectivity index (χ3v) is 4.98.